The molecule has 0 radical (unpaired) electrons. The van der Waals surface area contributed by atoms with E-state index >= 15 is 0 Å². The lowest BCUT2D eigenvalue weighted by Gasteiger charge is -2.18. The number of allylic oxidation sites excluding steroid dienone is 6. The fourth-order valence-corrected chi connectivity index (χ4v) is 11.1. The lowest BCUT2D eigenvalue weighted by atomic mass is 10.0. The highest BCUT2D eigenvalue weighted by Crippen LogP contribution is 2.19. The zero-order chi connectivity index (χ0) is 58.5. The first kappa shape index (κ1) is 78.6. The van der Waals surface area contributed by atoms with Gasteiger partial charge in [-0.2, -0.15) is 0 Å². The monoisotopic (exact) mass is 1140 g/mol. The van der Waals surface area contributed by atoms with Gasteiger partial charge in [-0.25, -0.2) is 0 Å². The van der Waals surface area contributed by atoms with Crippen LogP contribution in [-0.4, -0.2) is 37.2 Å². The Bertz CT molecular complexity index is 1350. The summed E-state index contributed by atoms with van der Waals surface area (Å²) in [5.74, 6) is -0.868. The van der Waals surface area contributed by atoms with Gasteiger partial charge < -0.3 is 14.2 Å². The van der Waals surface area contributed by atoms with Crippen molar-refractivity contribution in [1.82, 2.24) is 0 Å². The lowest BCUT2D eigenvalue weighted by Crippen LogP contribution is -2.30. The molecule has 0 N–H and O–H groups in total. The van der Waals surface area contributed by atoms with Gasteiger partial charge in [-0.3, -0.25) is 14.4 Å². The largest absolute Gasteiger partial charge is 0.462 e. The van der Waals surface area contributed by atoms with Crippen molar-refractivity contribution in [3.05, 3.63) is 36.5 Å². The van der Waals surface area contributed by atoms with Crippen molar-refractivity contribution in [3.63, 3.8) is 0 Å². The van der Waals surface area contributed by atoms with Crippen LogP contribution in [0.1, 0.15) is 406 Å². The second kappa shape index (κ2) is 70.1. The van der Waals surface area contributed by atoms with E-state index in [-0.39, 0.29) is 31.1 Å². The Kier molecular flexibility index (Phi) is 68.1. The predicted octanol–water partition coefficient (Wildman–Crippen LogP) is 25.1. The van der Waals surface area contributed by atoms with Crippen LogP contribution in [-0.2, 0) is 28.6 Å². The van der Waals surface area contributed by atoms with Gasteiger partial charge in [0, 0.05) is 19.3 Å². The topological polar surface area (TPSA) is 78.9 Å². The van der Waals surface area contributed by atoms with E-state index in [4.69, 9.17) is 14.2 Å². The Balaban J connectivity index is 4.02. The van der Waals surface area contributed by atoms with Gasteiger partial charge in [-0.15, -0.1) is 0 Å². The summed E-state index contributed by atoms with van der Waals surface area (Å²) >= 11 is 0. The minimum absolute atomic E-state index is 0.0740. The molecule has 0 spiro atoms. The van der Waals surface area contributed by atoms with E-state index in [1.165, 1.54) is 289 Å². The number of hydrogen-bond donors (Lipinski definition) is 0. The third-order valence-corrected chi connectivity index (χ3v) is 16.6. The molecule has 0 aromatic carbocycles. The molecule has 0 aliphatic heterocycles. The minimum atomic E-state index is -0.778. The average Bonchev–Trinajstić information content (AvgIpc) is 3.47. The van der Waals surface area contributed by atoms with Crippen LogP contribution >= 0.6 is 0 Å². The average molecular weight is 1140 g/mol. The van der Waals surface area contributed by atoms with Crippen LogP contribution in [0.5, 0.6) is 0 Å². The lowest BCUT2D eigenvalue weighted by molar-refractivity contribution is -0.167. The smallest absolute Gasteiger partial charge is 0.306 e. The highest BCUT2D eigenvalue weighted by atomic mass is 16.6. The van der Waals surface area contributed by atoms with Crippen LogP contribution in [0.4, 0.5) is 0 Å². The summed E-state index contributed by atoms with van der Waals surface area (Å²) in [4.78, 5) is 38.3. The molecule has 81 heavy (non-hydrogen) atoms. The Labute approximate surface area is 506 Å². The number of carbonyl (C=O) groups is 3. The number of carbonyl (C=O) groups excluding carboxylic acids is 3. The maximum absolute atomic E-state index is 12.9. The molecule has 0 saturated carbocycles. The minimum Gasteiger partial charge on any atom is -0.462 e. The van der Waals surface area contributed by atoms with Gasteiger partial charge in [-0.05, 0) is 70.6 Å². The van der Waals surface area contributed by atoms with Crippen molar-refractivity contribution in [2.45, 2.75) is 412 Å². The van der Waals surface area contributed by atoms with Crippen LogP contribution in [0, 0.1) is 0 Å². The summed E-state index contributed by atoms with van der Waals surface area (Å²) in [6.45, 7) is 6.63. The normalized spacial score (nSPS) is 12.2. The maximum atomic E-state index is 12.9. The fraction of sp³-hybridized carbons (Fsp3) is 0.880. The summed E-state index contributed by atoms with van der Waals surface area (Å²) in [6, 6.07) is 0. The molecular weight excluding hydrogens is 997 g/mol. The zero-order valence-corrected chi connectivity index (χ0v) is 54.8. The van der Waals surface area contributed by atoms with Crippen LogP contribution in [0.25, 0.3) is 0 Å². The summed E-state index contributed by atoms with van der Waals surface area (Å²) in [7, 11) is 0. The molecular formula is C75H140O6. The number of hydrogen-bond acceptors (Lipinski definition) is 6. The van der Waals surface area contributed by atoms with Gasteiger partial charge in [0.1, 0.15) is 13.2 Å². The van der Waals surface area contributed by atoms with Crippen molar-refractivity contribution >= 4 is 17.9 Å². The molecule has 1 atom stereocenters. The van der Waals surface area contributed by atoms with E-state index in [0.29, 0.717) is 19.3 Å². The number of unbranched alkanes of at least 4 members (excludes halogenated alkanes) is 51. The quantitative estimate of drug-likeness (QED) is 0.0261. The first-order valence-electron chi connectivity index (χ1n) is 36.5. The molecule has 0 aromatic rings. The van der Waals surface area contributed by atoms with E-state index in [1.807, 2.05) is 0 Å². The molecule has 0 rings (SSSR count). The highest BCUT2D eigenvalue weighted by Gasteiger charge is 2.19. The van der Waals surface area contributed by atoms with Crippen LogP contribution in [0.3, 0.4) is 0 Å². The first-order valence-corrected chi connectivity index (χ1v) is 36.5. The third kappa shape index (κ3) is 68.3. The second-order valence-corrected chi connectivity index (χ2v) is 24.9. The van der Waals surface area contributed by atoms with E-state index in [0.717, 1.165) is 77.0 Å². The molecule has 6 nitrogen and oxygen atoms in total. The van der Waals surface area contributed by atoms with E-state index in [9.17, 15) is 14.4 Å². The molecule has 0 heterocycles. The summed E-state index contributed by atoms with van der Waals surface area (Å²) in [5.41, 5.74) is 0. The van der Waals surface area contributed by atoms with Crippen molar-refractivity contribution in [1.29, 1.82) is 0 Å². The predicted molar refractivity (Wildman–Crippen MR) is 353 cm³/mol. The standard InChI is InChI=1S/C75H140O6/c1-4-7-10-13-16-19-22-24-26-28-29-30-31-32-33-34-35-36-37-38-39-40-41-42-43-44-45-47-48-50-53-56-59-62-65-68-74(77)80-71-72(70-79-73(76)67-64-61-58-55-52-21-18-15-12-9-6-3)81-75(78)69-66-63-60-57-54-51-49-46-27-25-23-20-17-14-11-8-5-2/h15,17-18,20,25,27,72H,4-14,16,19,21-24,26,28-71H2,1-3H3/b18-15-,20-17-,27-25-. The molecule has 0 saturated heterocycles. The Hall–Kier alpha value is -2.37. The molecule has 0 amide bonds. The molecule has 6 heteroatoms. The van der Waals surface area contributed by atoms with Crippen molar-refractivity contribution in [2.75, 3.05) is 13.2 Å². The van der Waals surface area contributed by atoms with Crippen LogP contribution in [0.2, 0.25) is 0 Å². The van der Waals surface area contributed by atoms with Gasteiger partial charge >= 0.3 is 17.9 Å². The van der Waals surface area contributed by atoms with Gasteiger partial charge in [-0.1, -0.05) is 353 Å². The van der Waals surface area contributed by atoms with Gasteiger partial charge in [0.15, 0.2) is 6.10 Å². The van der Waals surface area contributed by atoms with Crippen molar-refractivity contribution in [3.8, 4) is 0 Å². The highest BCUT2D eigenvalue weighted by molar-refractivity contribution is 5.71. The maximum Gasteiger partial charge on any atom is 0.306 e. The number of esters is 3. The van der Waals surface area contributed by atoms with E-state index in [1.54, 1.807) is 0 Å². The van der Waals surface area contributed by atoms with Gasteiger partial charge in [0.05, 0.1) is 0 Å². The van der Waals surface area contributed by atoms with Crippen LogP contribution < -0.4 is 0 Å². The Morgan fingerprint density at radius 3 is 0.753 bits per heavy atom. The van der Waals surface area contributed by atoms with E-state index < -0.39 is 6.10 Å². The molecule has 0 aliphatic rings. The zero-order valence-electron chi connectivity index (χ0n) is 54.8. The van der Waals surface area contributed by atoms with E-state index in [2.05, 4.69) is 57.2 Å². The van der Waals surface area contributed by atoms with Crippen LogP contribution in [0.15, 0.2) is 36.5 Å². The Morgan fingerprint density at radius 2 is 0.457 bits per heavy atom. The third-order valence-electron chi connectivity index (χ3n) is 16.6. The first-order chi connectivity index (χ1) is 40.0. The molecule has 0 aromatic heterocycles. The molecule has 1 unspecified atom stereocenters. The fourth-order valence-electron chi connectivity index (χ4n) is 11.1. The SMILES string of the molecule is CCCC/C=C\CCCCCCCC(=O)OCC(COC(=O)CCCCCCCCCCCCCCCCCCCCCCCCCCCCCCCCCCCCC)OC(=O)CCCCCCCCC/C=C\C/C=C\CCCCC. The Morgan fingerprint density at radius 1 is 0.247 bits per heavy atom. The number of ether oxygens (including phenoxy) is 3. The summed E-state index contributed by atoms with van der Waals surface area (Å²) < 4.78 is 16.9. The van der Waals surface area contributed by atoms with Gasteiger partial charge in [0.2, 0.25) is 0 Å². The second-order valence-electron chi connectivity index (χ2n) is 24.9. The molecule has 0 bridgehead atoms. The number of rotatable bonds is 68. The summed E-state index contributed by atoms with van der Waals surface area (Å²) in [6.07, 6.45) is 87.8. The molecule has 0 fully saturated rings. The van der Waals surface area contributed by atoms with Gasteiger partial charge in [0.25, 0.3) is 0 Å². The summed E-state index contributed by atoms with van der Waals surface area (Å²) in [5, 5.41) is 0. The van der Waals surface area contributed by atoms with Crippen molar-refractivity contribution < 1.29 is 28.6 Å². The molecule has 476 valence electrons. The van der Waals surface area contributed by atoms with Crippen molar-refractivity contribution in [2.24, 2.45) is 0 Å². The molecule has 0 aliphatic carbocycles.